The second-order valence-electron chi connectivity index (χ2n) is 3.77. The first-order valence-corrected chi connectivity index (χ1v) is 4.87. The van der Waals surface area contributed by atoms with Gasteiger partial charge in [-0.2, -0.15) is 0 Å². The highest BCUT2D eigenvalue weighted by atomic mass is 16.5. The third kappa shape index (κ3) is 2.66. The number of aliphatic hydroxyl groups excluding tert-OH is 3. The molecule has 0 radical (unpaired) electrons. The quantitative estimate of drug-likeness (QED) is 0.430. The average molecular weight is 219 g/mol. The van der Waals surface area contributed by atoms with Crippen molar-refractivity contribution in [3.05, 3.63) is 0 Å². The van der Waals surface area contributed by atoms with E-state index in [1.54, 1.807) is 6.92 Å². The summed E-state index contributed by atoms with van der Waals surface area (Å²) >= 11 is 0. The van der Waals surface area contributed by atoms with E-state index in [1.807, 2.05) is 0 Å². The Morgan fingerprint density at radius 1 is 1.40 bits per heavy atom. The fourth-order valence-electron chi connectivity index (χ4n) is 1.74. The van der Waals surface area contributed by atoms with Crippen LogP contribution in [-0.2, 0) is 9.53 Å². The van der Waals surface area contributed by atoms with Crippen LogP contribution in [0, 0.1) is 0 Å². The molecule has 5 atom stereocenters. The highest BCUT2D eigenvalue weighted by Crippen LogP contribution is 2.20. The zero-order valence-electron chi connectivity index (χ0n) is 8.75. The van der Waals surface area contributed by atoms with Crippen molar-refractivity contribution in [2.24, 2.45) is 0 Å². The Bertz CT molecular complexity index is 235. The van der Waals surface area contributed by atoms with Gasteiger partial charge in [-0.25, -0.2) is 0 Å². The van der Waals surface area contributed by atoms with E-state index < -0.39 is 30.5 Å². The van der Waals surface area contributed by atoms with E-state index in [9.17, 15) is 15.0 Å². The molecule has 4 N–H and O–H groups in total. The Morgan fingerprint density at radius 3 is 2.47 bits per heavy atom. The summed E-state index contributed by atoms with van der Waals surface area (Å²) in [5, 5.41) is 30.6. The second kappa shape index (κ2) is 4.89. The Hall–Kier alpha value is -0.690. The van der Waals surface area contributed by atoms with Crippen LogP contribution in [0.3, 0.4) is 0 Å². The second-order valence-corrected chi connectivity index (χ2v) is 3.77. The van der Waals surface area contributed by atoms with Crippen LogP contribution in [0.15, 0.2) is 0 Å². The molecule has 6 nitrogen and oxygen atoms in total. The van der Waals surface area contributed by atoms with Gasteiger partial charge in [0.25, 0.3) is 0 Å². The summed E-state index contributed by atoms with van der Waals surface area (Å²) in [4.78, 5) is 10.9. The molecular formula is C9H17NO5. The summed E-state index contributed by atoms with van der Waals surface area (Å²) in [6.07, 6.45) is -3.58. The molecule has 0 aliphatic carbocycles. The molecule has 0 aromatic rings. The molecule has 3 unspecified atom stereocenters. The van der Waals surface area contributed by atoms with Crippen molar-refractivity contribution >= 4 is 5.91 Å². The minimum Gasteiger partial charge on any atom is -0.394 e. The van der Waals surface area contributed by atoms with Crippen molar-refractivity contribution < 1.29 is 24.9 Å². The lowest BCUT2D eigenvalue weighted by molar-refractivity contribution is -0.190. The lowest BCUT2D eigenvalue weighted by Gasteiger charge is -2.41. The van der Waals surface area contributed by atoms with Crippen molar-refractivity contribution in [3.8, 4) is 0 Å². The molecule has 0 aromatic heterocycles. The Labute approximate surface area is 87.9 Å². The summed E-state index contributed by atoms with van der Waals surface area (Å²) in [7, 11) is 0. The van der Waals surface area contributed by atoms with Crippen molar-refractivity contribution in [2.75, 3.05) is 6.61 Å². The van der Waals surface area contributed by atoms with Gasteiger partial charge in [-0.1, -0.05) is 0 Å². The number of ether oxygens (including phenoxy) is 1. The molecule has 0 spiro atoms. The minimum atomic E-state index is -1.19. The fourth-order valence-corrected chi connectivity index (χ4v) is 1.74. The minimum absolute atomic E-state index is 0.302. The number of carbonyl (C=O) groups is 1. The number of rotatable bonds is 2. The van der Waals surface area contributed by atoms with Gasteiger partial charge < -0.3 is 25.4 Å². The highest BCUT2D eigenvalue weighted by Gasteiger charge is 2.42. The first-order chi connectivity index (χ1) is 6.97. The predicted octanol–water partition coefficient (Wildman–Crippen LogP) is -2.01. The first-order valence-electron chi connectivity index (χ1n) is 4.87. The van der Waals surface area contributed by atoms with Crippen LogP contribution >= 0.6 is 0 Å². The van der Waals surface area contributed by atoms with E-state index in [-0.39, 0.29) is 12.5 Å². The third-order valence-electron chi connectivity index (χ3n) is 2.54. The monoisotopic (exact) mass is 219 g/mol. The highest BCUT2D eigenvalue weighted by molar-refractivity contribution is 5.73. The van der Waals surface area contributed by atoms with Crippen LogP contribution in [0.5, 0.6) is 0 Å². The van der Waals surface area contributed by atoms with Crippen LogP contribution in [0.2, 0.25) is 0 Å². The maximum Gasteiger partial charge on any atom is 0.217 e. The van der Waals surface area contributed by atoms with Gasteiger partial charge in [0.2, 0.25) is 5.91 Å². The molecule has 1 aliphatic heterocycles. The Morgan fingerprint density at radius 2 is 2.00 bits per heavy atom. The fraction of sp³-hybridized carbons (Fsp3) is 0.889. The van der Waals surface area contributed by atoms with Crippen LogP contribution < -0.4 is 5.32 Å². The van der Waals surface area contributed by atoms with Gasteiger partial charge in [-0.3, -0.25) is 4.79 Å². The van der Waals surface area contributed by atoms with Gasteiger partial charge in [0.15, 0.2) is 0 Å². The van der Waals surface area contributed by atoms with Gasteiger partial charge in [0.1, 0.15) is 18.3 Å². The molecule has 0 aromatic carbocycles. The summed E-state index contributed by atoms with van der Waals surface area (Å²) in [5.74, 6) is -0.302. The summed E-state index contributed by atoms with van der Waals surface area (Å²) in [6, 6.07) is -0.653. The molecule has 6 heteroatoms. The number of carbonyl (C=O) groups excluding carboxylic acids is 1. The molecule has 1 fully saturated rings. The molecule has 0 saturated carbocycles. The average Bonchev–Trinajstić information content (AvgIpc) is 2.18. The largest absolute Gasteiger partial charge is 0.394 e. The molecule has 0 bridgehead atoms. The molecule has 1 heterocycles. The standard InChI is InChI=1S/C9H17NO5/c1-4-7(10-5(2)12)9(14)8(13)6(3-11)15-4/h4,6-9,11,13-14H,3H2,1-2H3,(H,10,12)/t4-,6?,7?,8-,9?/m1/s1. The van der Waals surface area contributed by atoms with E-state index in [2.05, 4.69) is 5.32 Å². The zero-order valence-corrected chi connectivity index (χ0v) is 8.75. The number of aliphatic hydroxyl groups is 3. The van der Waals surface area contributed by atoms with Gasteiger partial charge in [-0.15, -0.1) is 0 Å². The molecule has 1 amide bonds. The molecule has 1 rings (SSSR count). The van der Waals surface area contributed by atoms with Crippen LogP contribution in [-0.4, -0.2) is 58.3 Å². The number of amides is 1. The van der Waals surface area contributed by atoms with Crippen LogP contribution in [0.25, 0.3) is 0 Å². The maximum absolute atomic E-state index is 10.9. The van der Waals surface area contributed by atoms with Gasteiger partial charge in [-0.05, 0) is 6.92 Å². The van der Waals surface area contributed by atoms with Gasteiger partial charge in [0.05, 0.1) is 18.8 Å². The normalized spacial score (nSPS) is 41.3. The number of hydrogen-bond acceptors (Lipinski definition) is 5. The topological polar surface area (TPSA) is 99.0 Å². The molecule has 88 valence electrons. The van der Waals surface area contributed by atoms with E-state index >= 15 is 0 Å². The Kier molecular flexibility index (Phi) is 4.04. The third-order valence-corrected chi connectivity index (χ3v) is 2.54. The van der Waals surface area contributed by atoms with E-state index in [0.29, 0.717) is 0 Å². The lowest BCUT2D eigenvalue weighted by atomic mass is 9.93. The molecule has 1 aliphatic rings. The van der Waals surface area contributed by atoms with Crippen molar-refractivity contribution in [1.82, 2.24) is 5.32 Å². The maximum atomic E-state index is 10.9. The molecular weight excluding hydrogens is 202 g/mol. The number of nitrogens with one attached hydrogen (secondary N) is 1. The lowest BCUT2D eigenvalue weighted by Crippen LogP contribution is -2.63. The zero-order chi connectivity index (χ0) is 11.6. The van der Waals surface area contributed by atoms with Crippen LogP contribution in [0.4, 0.5) is 0 Å². The predicted molar refractivity (Wildman–Crippen MR) is 51.0 cm³/mol. The van der Waals surface area contributed by atoms with Crippen molar-refractivity contribution in [2.45, 2.75) is 44.3 Å². The van der Waals surface area contributed by atoms with Gasteiger partial charge in [0, 0.05) is 6.92 Å². The first kappa shape index (κ1) is 12.4. The van der Waals surface area contributed by atoms with Crippen LogP contribution in [0.1, 0.15) is 13.8 Å². The smallest absolute Gasteiger partial charge is 0.217 e. The Balaban J connectivity index is 2.70. The van der Waals surface area contributed by atoms with Crippen molar-refractivity contribution in [3.63, 3.8) is 0 Å². The van der Waals surface area contributed by atoms with Crippen molar-refractivity contribution in [1.29, 1.82) is 0 Å². The molecule has 1 saturated heterocycles. The van der Waals surface area contributed by atoms with E-state index in [4.69, 9.17) is 9.84 Å². The van der Waals surface area contributed by atoms with Gasteiger partial charge >= 0.3 is 0 Å². The summed E-state index contributed by atoms with van der Waals surface area (Å²) in [6.45, 7) is 2.62. The summed E-state index contributed by atoms with van der Waals surface area (Å²) in [5.41, 5.74) is 0. The number of hydrogen-bond donors (Lipinski definition) is 4. The summed E-state index contributed by atoms with van der Waals surface area (Å²) < 4.78 is 5.26. The van der Waals surface area contributed by atoms with E-state index in [0.717, 1.165) is 0 Å². The molecule has 15 heavy (non-hydrogen) atoms. The van der Waals surface area contributed by atoms with E-state index in [1.165, 1.54) is 6.92 Å². The SMILES string of the molecule is CC(=O)NC1C(O)[C@H](O)C(CO)O[C@@H]1C.